The lowest BCUT2D eigenvalue weighted by molar-refractivity contribution is 0.304. The molecule has 0 spiro atoms. The Labute approximate surface area is 167 Å². The second-order valence-electron chi connectivity index (χ2n) is 8.23. The third-order valence-corrected chi connectivity index (χ3v) is 6.35. The van der Waals surface area contributed by atoms with Crippen LogP contribution >= 0.6 is 0 Å². The molecule has 0 saturated heterocycles. The van der Waals surface area contributed by atoms with Crippen molar-refractivity contribution in [3.63, 3.8) is 0 Å². The maximum Gasteiger partial charge on any atom is 0.162 e. The van der Waals surface area contributed by atoms with Crippen molar-refractivity contribution in [2.45, 2.75) is 77.6 Å². The molecule has 2 aromatic carbocycles. The van der Waals surface area contributed by atoms with E-state index in [0.29, 0.717) is 36.3 Å². The second-order valence-corrected chi connectivity index (χ2v) is 8.23. The predicted molar refractivity (Wildman–Crippen MR) is 109 cm³/mol. The van der Waals surface area contributed by atoms with Crippen LogP contribution in [0.2, 0.25) is 0 Å². The molecule has 0 radical (unpaired) electrons. The number of aryl methyl sites for hydroxylation is 3. The predicted octanol–water partition coefficient (Wildman–Crippen LogP) is 7.53. The molecule has 152 valence electrons. The third-order valence-electron chi connectivity index (χ3n) is 6.35. The Morgan fingerprint density at radius 2 is 1.50 bits per heavy atom. The van der Waals surface area contributed by atoms with E-state index in [4.69, 9.17) is 0 Å². The van der Waals surface area contributed by atoms with E-state index in [0.717, 1.165) is 29.9 Å². The lowest BCUT2D eigenvalue weighted by atomic mass is 9.77. The molecule has 1 aliphatic rings. The lowest BCUT2D eigenvalue weighted by Gasteiger charge is -2.29. The monoisotopic (exact) mass is 388 g/mol. The summed E-state index contributed by atoms with van der Waals surface area (Å²) in [5.41, 5.74) is 2.40. The van der Waals surface area contributed by atoms with Crippen LogP contribution in [0, 0.1) is 23.4 Å². The van der Waals surface area contributed by atoms with Crippen molar-refractivity contribution in [3.05, 3.63) is 70.0 Å². The van der Waals surface area contributed by atoms with Crippen LogP contribution in [-0.4, -0.2) is 0 Å². The first kappa shape index (κ1) is 21.0. The van der Waals surface area contributed by atoms with Gasteiger partial charge in [-0.05, 0) is 85.1 Å². The van der Waals surface area contributed by atoms with Gasteiger partial charge in [0.25, 0.3) is 0 Å². The van der Waals surface area contributed by atoms with Gasteiger partial charge in [-0.2, -0.15) is 0 Å². The Morgan fingerprint density at radius 1 is 0.821 bits per heavy atom. The van der Waals surface area contributed by atoms with Gasteiger partial charge in [0.2, 0.25) is 0 Å². The van der Waals surface area contributed by atoms with Crippen LogP contribution in [0.25, 0.3) is 0 Å². The van der Waals surface area contributed by atoms with Crippen molar-refractivity contribution in [2.75, 3.05) is 0 Å². The number of hydrogen-bond acceptors (Lipinski definition) is 0. The molecule has 2 aromatic rings. The maximum absolute atomic E-state index is 14.7. The summed E-state index contributed by atoms with van der Waals surface area (Å²) >= 11 is 0. The van der Waals surface area contributed by atoms with Gasteiger partial charge in [-0.1, -0.05) is 51.0 Å². The van der Waals surface area contributed by atoms with E-state index in [2.05, 4.69) is 6.92 Å². The van der Waals surface area contributed by atoms with Crippen LogP contribution in [0.15, 0.2) is 30.3 Å². The van der Waals surface area contributed by atoms with Crippen LogP contribution in [-0.2, 0) is 19.3 Å². The first-order chi connectivity index (χ1) is 13.5. The van der Waals surface area contributed by atoms with Crippen molar-refractivity contribution in [1.82, 2.24) is 0 Å². The van der Waals surface area contributed by atoms with Gasteiger partial charge in [-0.3, -0.25) is 0 Å². The summed E-state index contributed by atoms with van der Waals surface area (Å²) in [6.45, 7) is 4.03. The lowest BCUT2D eigenvalue weighted by Crippen LogP contribution is -2.14. The minimum Gasteiger partial charge on any atom is -0.207 e. The minimum absolute atomic E-state index is 0.149. The fourth-order valence-corrected chi connectivity index (χ4v) is 4.60. The average molecular weight is 389 g/mol. The highest BCUT2D eigenvalue weighted by Gasteiger charge is 2.24. The second kappa shape index (κ2) is 9.62. The van der Waals surface area contributed by atoms with E-state index < -0.39 is 11.6 Å². The molecular weight excluding hydrogens is 357 g/mol. The molecule has 0 N–H and O–H groups in total. The van der Waals surface area contributed by atoms with E-state index in [1.54, 1.807) is 25.1 Å². The van der Waals surface area contributed by atoms with Crippen molar-refractivity contribution in [1.29, 1.82) is 0 Å². The molecule has 3 heteroatoms. The molecule has 1 saturated carbocycles. The first-order valence-electron chi connectivity index (χ1n) is 10.8. The molecule has 1 aliphatic carbocycles. The van der Waals surface area contributed by atoms with Crippen molar-refractivity contribution >= 4 is 0 Å². The summed E-state index contributed by atoms with van der Waals surface area (Å²) in [6, 6.07) is 8.74. The van der Waals surface area contributed by atoms with Gasteiger partial charge in [-0.15, -0.1) is 0 Å². The number of hydrogen-bond donors (Lipinski definition) is 0. The summed E-state index contributed by atoms with van der Waals surface area (Å²) < 4.78 is 42.8. The maximum atomic E-state index is 14.7. The molecule has 0 heterocycles. The van der Waals surface area contributed by atoms with Crippen LogP contribution in [0.4, 0.5) is 13.2 Å². The third kappa shape index (κ3) is 4.79. The van der Waals surface area contributed by atoms with Crippen molar-refractivity contribution in [2.24, 2.45) is 5.92 Å². The van der Waals surface area contributed by atoms with Crippen molar-refractivity contribution in [3.8, 4) is 0 Å². The number of halogens is 3. The molecule has 0 amide bonds. The SMILES string of the molecule is CCCC1CCC(c2ccc(CCc3ccc(CC)c(F)c3F)cc2F)CC1. The fraction of sp³-hybridized carbons (Fsp3) is 0.520. The smallest absolute Gasteiger partial charge is 0.162 e. The quantitative estimate of drug-likeness (QED) is 0.460. The molecule has 1 fully saturated rings. The van der Waals surface area contributed by atoms with E-state index >= 15 is 0 Å². The van der Waals surface area contributed by atoms with E-state index in [1.165, 1.54) is 25.7 Å². The van der Waals surface area contributed by atoms with Gasteiger partial charge in [0.05, 0.1) is 0 Å². The summed E-state index contributed by atoms with van der Waals surface area (Å²) in [4.78, 5) is 0. The molecular formula is C25H31F3. The molecule has 0 unspecified atom stereocenters. The molecule has 0 nitrogen and oxygen atoms in total. The zero-order chi connectivity index (χ0) is 20.1. The van der Waals surface area contributed by atoms with Gasteiger partial charge in [0, 0.05) is 0 Å². The Kier molecular flexibility index (Phi) is 7.20. The normalized spacial score (nSPS) is 19.8. The fourth-order valence-electron chi connectivity index (χ4n) is 4.60. The molecule has 0 aromatic heterocycles. The topological polar surface area (TPSA) is 0 Å². The van der Waals surface area contributed by atoms with Crippen LogP contribution in [0.3, 0.4) is 0 Å². The zero-order valence-electron chi connectivity index (χ0n) is 17.0. The van der Waals surface area contributed by atoms with Crippen LogP contribution < -0.4 is 0 Å². The van der Waals surface area contributed by atoms with Gasteiger partial charge in [0.15, 0.2) is 11.6 Å². The zero-order valence-corrected chi connectivity index (χ0v) is 17.0. The highest BCUT2D eigenvalue weighted by atomic mass is 19.2. The average Bonchev–Trinajstić information content (AvgIpc) is 2.70. The van der Waals surface area contributed by atoms with Crippen LogP contribution in [0.5, 0.6) is 0 Å². The van der Waals surface area contributed by atoms with E-state index in [9.17, 15) is 13.2 Å². The minimum atomic E-state index is -0.764. The van der Waals surface area contributed by atoms with Gasteiger partial charge in [0.1, 0.15) is 5.82 Å². The van der Waals surface area contributed by atoms with Crippen molar-refractivity contribution < 1.29 is 13.2 Å². The van der Waals surface area contributed by atoms with E-state index in [1.807, 2.05) is 12.1 Å². The highest BCUT2D eigenvalue weighted by molar-refractivity contribution is 5.30. The summed E-state index contributed by atoms with van der Waals surface area (Å²) in [5.74, 6) is -0.543. The number of benzene rings is 2. The molecule has 0 bridgehead atoms. The van der Waals surface area contributed by atoms with Gasteiger partial charge < -0.3 is 0 Å². The summed E-state index contributed by atoms with van der Waals surface area (Å²) in [6.07, 6.45) is 8.36. The van der Waals surface area contributed by atoms with Gasteiger partial charge in [-0.25, -0.2) is 13.2 Å². The van der Waals surface area contributed by atoms with Gasteiger partial charge >= 0.3 is 0 Å². The Morgan fingerprint density at radius 3 is 2.14 bits per heavy atom. The number of rotatable bonds is 7. The molecule has 28 heavy (non-hydrogen) atoms. The first-order valence-corrected chi connectivity index (χ1v) is 10.8. The molecule has 3 rings (SSSR count). The Balaban J connectivity index is 1.63. The Hall–Kier alpha value is -1.77. The Bertz CT molecular complexity index is 789. The van der Waals surface area contributed by atoms with Crippen LogP contribution in [0.1, 0.15) is 80.5 Å². The summed E-state index contributed by atoms with van der Waals surface area (Å²) in [7, 11) is 0. The molecule has 0 atom stereocenters. The standard InChI is InChI=1S/C25H31F3/c1-3-5-17-6-10-20(11-7-17)22-15-9-18(16-23(22)26)8-12-21-14-13-19(4-2)24(27)25(21)28/h9,13-17,20H,3-8,10-12H2,1-2H3. The molecule has 0 aliphatic heterocycles. The summed E-state index contributed by atoms with van der Waals surface area (Å²) in [5, 5.41) is 0. The van der Waals surface area contributed by atoms with E-state index in [-0.39, 0.29) is 5.82 Å². The largest absolute Gasteiger partial charge is 0.207 e. The highest BCUT2D eigenvalue weighted by Crippen LogP contribution is 2.38.